The highest BCUT2D eigenvalue weighted by molar-refractivity contribution is 6.30. The van der Waals surface area contributed by atoms with E-state index in [1.54, 1.807) is 12.3 Å². The van der Waals surface area contributed by atoms with Gasteiger partial charge in [-0.05, 0) is 19.1 Å². The number of rotatable bonds is 2. The van der Waals surface area contributed by atoms with Crippen LogP contribution in [-0.4, -0.2) is 11.5 Å². The molecule has 2 nitrogen and oxygen atoms in total. The van der Waals surface area contributed by atoms with E-state index in [4.69, 9.17) is 11.6 Å². The molecule has 1 aromatic heterocycles. The van der Waals surface area contributed by atoms with Crippen molar-refractivity contribution in [2.24, 2.45) is 0 Å². The van der Waals surface area contributed by atoms with Crippen molar-refractivity contribution in [1.29, 1.82) is 0 Å². The Kier molecular flexibility index (Phi) is 2.51. The van der Waals surface area contributed by atoms with Crippen molar-refractivity contribution in [3.05, 3.63) is 30.3 Å². The molecule has 3 heteroatoms. The average molecular weight is 156 g/mol. The third-order valence-corrected chi connectivity index (χ3v) is 1.26. The first-order valence-corrected chi connectivity index (χ1v) is 3.35. The summed E-state index contributed by atoms with van der Waals surface area (Å²) in [6.45, 7) is 4.25. The van der Waals surface area contributed by atoms with Crippen LogP contribution in [0.2, 0.25) is 5.02 Å². The number of hydrogen-bond acceptors (Lipinski definition) is 2. The quantitative estimate of drug-likeness (QED) is 0.707. The maximum absolute atomic E-state index is 5.61. The molecule has 0 aliphatic rings. The lowest BCUT2D eigenvalue weighted by Gasteiger charge is -1.99. The maximum atomic E-state index is 5.61. The topological polar surface area (TPSA) is 24.9 Å². The minimum absolute atomic E-state index is 0.634. The van der Waals surface area contributed by atoms with Crippen molar-refractivity contribution >= 4 is 17.4 Å². The Bertz CT molecular complexity index is 195. The van der Waals surface area contributed by atoms with Crippen molar-refractivity contribution in [2.45, 2.75) is 0 Å². The highest BCUT2D eigenvalue weighted by Crippen LogP contribution is 2.08. The van der Waals surface area contributed by atoms with E-state index in [1.807, 2.05) is 6.07 Å². The maximum Gasteiger partial charge on any atom is 0.125 e. The summed E-state index contributed by atoms with van der Waals surface area (Å²) in [5.41, 5.74) is 0. The zero-order chi connectivity index (χ0) is 7.40. The predicted octanol–water partition coefficient (Wildman–Crippen LogP) is 1.98. The van der Waals surface area contributed by atoms with Gasteiger partial charge in [0.1, 0.15) is 5.82 Å². The van der Waals surface area contributed by atoms with Gasteiger partial charge in [-0.3, -0.25) is 0 Å². The summed E-state index contributed by atoms with van der Waals surface area (Å²) in [7, 11) is 0. The number of aromatic nitrogens is 1. The Morgan fingerprint density at radius 2 is 2.40 bits per heavy atom. The summed E-state index contributed by atoms with van der Waals surface area (Å²) in [5.74, 6) is 0.805. The third-order valence-electron chi connectivity index (χ3n) is 1.03. The number of nitrogens with one attached hydrogen (secondary N) is 1. The Hall–Kier alpha value is -0.760. The number of halogens is 1. The van der Waals surface area contributed by atoms with Crippen molar-refractivity contribution in [3.8, 4) is 0 Å². The summed E-state index contributed by atoms with van der Waals surface area (Å²) in [5, 5.41) is 3.60. The fraction of sp³-hybridized carbons (Fsp3) is 0.143. The van der Waals surface area contributed by atoms with Crippen molar-refractivity contribution in [3.63, 3.8) is 0 Å². The molecule has 53 valence electrons. The fourth-order valence-corrected chi connectivity index (χ4v) is 0.720. The summed E-state index contributed by atoms with van der Waals surface area (Å²) in [6.07, 6.45) is 1.60. The Morgan fingerprint density at radius 1 is 1.60 bits per heavy atom. The minimum atomic E-state index is 0.634. The van der Waals surface area contributed by atoms with Crippen molar-refractivity contribution < 1.29 is 0 Å². The first-order valence-electron chi connectivity index (χ1n) is 2.97. The highest BCUT2D eigenvalue weighted by atomic mass is 35.5. The SMILES string of the molecule is [CH2]CNc1ccc(Cl)cn1. The van der Waals surface area contributed by atoms with E-state index < -0.39 is 0 Å². The van der Waals surface area contributed by atoms with E-state index in [2.05, 4.69) is 17.2 Å². The van der Waals surface area contributed by atoms with Crippen molar-refractivity contribution in [2.75, 3.05) is 11.9 Å². The number of nitrogens with zero attached hydrogens (tertiary/aromatic N) is 1. The lowest BCUT2D eigenvalue weighted by Crippen LogP contribution is -1.97. The number of hydrogen-bond donors (Lipinski definition) is 1. The first-order chi connectivity index (χ1) is 4.83. The second kappa shape index (κ2) is 3.42. The van der Waals surface area contributed by atoms with Crippen LogP contribution in [0, 0.1) is 6.92 Å². The van der Waals surface area contributed by atoms with E-state index >= 15 is 0 Å². The molecular weight excluding hydrogens is 148 g/mol. The van der Waals surface area contributed by atoms with Gasteiger partial charge in [0, 0.05) is 12.7 Å². The second-order valence-electron chi connectivity index (χ2n) is 1.79. The molecule has 0 saturated heterocycles. The predicted molar refractivity (Wildman–Crippen MR) is 43.1 cm³/mol. The molecule has 10 heavy (non-hydrogen) atoms. The van der Waals surface area contributed by atoms with E-state index in [1.165, 1.54) is 0 Å². The molecule has 0 bridgehead atoms. The van der Waals surface area contributed by atoms with Crippen LogP contribution in [-0.2, 0) is 0 Å². The summed E-state index contributed by atoms with van der Waals surface area (Å²) < 4.78 is 0. The molecule has 0 spiro atoms. The van der Waals surface area contributed by atoms with Crippen LogP contribution in [0.1, 0.15) is 0 Å². The van der Waals surface area contributed by atoms with E-state index in [-0.39, 0.29) is 0 Å². The van der Waals surface area contributed by atoms with Gasteiger partial charge >= 0.3 is 0 Å². The van der Waals surface area contributed by atoms with Gasteiger partial charge in [0.15, 0.2) is 0 Å². The smallest absolute Gasteiger partial charge is 0.125 e. The largest absolute Gasteiger partial charge is 0.370 e. The lowest BCUT2D eigenvalue weighted by molar-refractivity contribution is 1.23. The van der Waals surface area contributed by atoms with Crippen LogP contribution in [0.5, 0.6) is 0 Å². The Morgan fingerprint density at radius 3 is 2.90 bits per heavy atom. The molecule has 1 N–H and O–H groups in total. The first kappa shape index (κ1) is 7.35. The van der Waals surface area contributed by atoms with E-state index in [0.717, 1.165) is 5.82 Å². The van der Waals surface area contributed by atoms with Gasteiger partial charge in [-0.2, -0.15) is 0 Å². The molecule has 0 aliphatic carbocycles. The van der Waals surface area contributed by atoms with Crippen LogP contribution in [0.15, 0.2) is 18.3 Å². The standard InChI is InChI=1S/C7H8ClN2/c1-2-9-7-4-3-6(8)5-10-7/h3-5H,1-2H2,(H,9,10). The van der Waals surface area contributed by atoms with Gasteiger partial charge in [-0.25, -0.2) is 4.98 Å². The monoisotopic (exact) mass is 155 g/mol. The number of pyridine rings is 1. The van der Waals surface area contributed by atoms with E-state index in [0.29, 0.717) is 11.6 Å². The minimum Gasteiger partial charge on any atom is -0.370 e. The van der Waals surface area contributed by atoms with Gasteiger partial charge in [0.25, 0.3) is 0 Å². The molecule has 0 amide bonds. The summed E-state index contributed by atoms with van der Waals surface area (Å²) in [6, 6.07) is 3.60. The highest BCUT2D eigenvalue weighted by Gasteiger charge is 1.89. The Balaban J connectivity index is 2.69. The van der Waals surface area contributed by atoms with Crippen LogP contribution >= 0.6 is 11.6 Å². The van der Waals surface area contributed by atoms with Crippen LogP contribution in [0.25, 0.3) is 0 Å². The van der Waals surface area contributed by atoms with Crippen molar-refractivity contribution in [1.82, 2.24) is 4.98 Å². The Labute approximate surface area is 65.2 Å². The van der Waals surface area contributed by atoms with Gasteiger partial charge in [-0.15, -0.1) is 0 Å². The molecule has 0 unspecified atom stereocenters. The summed E-state index contributed by atoms with van der Waals surface area (Å²) in [4.78, 5) is 3.98. The molecule has 0 aromatic carbocycles. The van der Waals surface area contributed by atoms with Gasteiger partial charge in [0.05, 0.1) is 5.02 Å². The lowest BCUT2D eigenvalue weighted by atomic mass is 10.4. The van der Waals surface area contributed by atoms with Crippen LogP contribution in [0.4, 0.5) is 5.82 Å². The van der Waals surface area contributed by atoms with Crippen LogP contribution < -0.4 is 5.32 Å². The molecule has 1 rings (SSSR count). The second-order valence-corrected chi connectivity index (χ2v) is 2.22. The average Bonchev–Trinajstić information content (AvgIpc) is 1.95. The normalized spacial score (nSPS) is 9.40. The molecule has 0 fully saturated rings. The molecule has 1 heterocycles. The van der Waals surface area contributed by atoms with Gasteiger partial charge in [0.2, 0.25) is 0 Å². The zero-order valence-electron chi connectivity index (χ0n) is 5.47. The summed E-state index contributed by atoms with van der Waals surface area (Å²) >= 11 is 5.61. The van der Waals surface area contributed by atoms with E-state index in [9.17, 15) is 0 Å². The third kappa shape index (κ3) is 1.88. The fourth-order valence-electron chi connectivity index (χ4n) is 0.608. The van der Waals surface area contributed by atoms with Gasteiger partial charge in [-0.1, -0.05) is 11.6 Å². The molecule has 1 radical (unpaired) electrons. The number of anilines is 1. The zero-order valence-corrected chi connectivity index (χ0v) is 6.23. The molecule has 0 atom stereocenters. The molecular formula is C7H8ClN2. The molecule has 1 aromatic rings. The van der Waals surface area contributed by atoms with Crippen LogP contribution in [0.3, 0.4) is 0 Å². The molecule has 0 aliphatic heterocycles. The molecule has 0 saturated carbocycles. The van der Waals surface area contributed by atoms with Gasteiger partial charge < -0.3 is 5.32 Å².